The minimum Gasteiger partial charge on any atom is -0.464 e. The number of hydrogen-bond donors (Lipinski definition) is 1. The lowest BCUT2D eigenvalue weighted by molar-refractivity contribution is -0.144. The van der Waals surface area contributed by atoms with E-state index in [4.69, 9.17) is 9.48 Å². The van der Waals surface area contributed by atoms with Crippen molar-refractivity contribution in [1.82, 2.24) is 5.32 Å². The van der Waals surface area contributed by atoms with Crippen LogP contribution < -0.4 is 21.2 Å². The molecular formula is C30H29N2O3P. The van der Waals surface area contributed by atoms with E-state index in [9.17, 15) is 9.59 Å². The summed E-state index contributed by atoms with van der Waals surface area (Å²) >= 11 is 0. The van der Waals surface area contributed by atoms with Crippen LogP contribution in [-0.4, -0.2) is 24.5 Å². The number of rotatable bonds is 8. The Morgan fingerprint density at radius 2 is 1.19 bits per heavy atom. The van der Waals surface area contributed by atoms with Gasteiger partial charge in [0, 0.05) is 15.9 Å². The standard InChI is InChI=1S/C30H29N2O3P/c1-3-35-30(34)23(2)31-29(33)27-21-13-14-22-28(27)32-36(24-15-7-4-8-16-24,25-17-9-5-10-18-25)26-19-11-6-12-20-26/h4-23H,3H2,1-2H3,(H,31,33)/t23-/m0/s1. The fourth-order valence-corrected chi connectivity index (χ4v) is 7.62. The van der Waals surface area contributed by atoms with E-state index in [1.165, 1.54) is 0 Å². The summed E-state index contributed by atoms with van der Waals surface area (Å²) in [6.07, 6.45) is 0. The molecule has 0 aliphatic rings. The molecule has 1 atom stereocenters. The third-order valence-electron chi connectivity index (χ3n) is 5.78. The Kier molecular flexibility index (Phi) is 8.14. The van der Waals surface area contributed by atoms with Gasteiger partial charge in [0.25, 0.3) is 5.91 Å². The number of hydrogen-bond acceptors (Lipinski definition) is 4. The average Bonchev–Trinajstić information content (AvgIpc) is 2.93. The van der Waals surface area contributed by atoms with E-state index in [0.29, 0.717) is 11.3 Å². The van der Waals surface area contributed by atoms with Crippen LogP contribution in [-0.2, 0) is 9.53 Å². The van der Waals surface area contributed by atoms with Crippen molar-refractivity contribution in [2.75, 3.05) is 6.61 Å². The van der Waals surface area contributed by atoms with Crippen molar-refractivity contribution >= 4 is 40.5 Å². The molecule has 0 fully saturated rings. The van der Waals surface area contributed by atoms with Crippen molar-refractivity contribution in [3.05, 3.63) is 121 Å². The second-order valence-electron chi connectivity index (χ2n) is 8.21. The molecule has 6 heteroatoms. The first kappa shape index (κ1) is 25.2. The summed E-state index contributed by atoms with van der Waals surface area (Å²) in [6, 6.07) is 37.2. The molecule has 36 heavy (non-hydrogen) atoms. The highest BCUT2D eigenvalue weighted by atomic mass is 31.2. The number of amides is 1. The molecule has 1 amide bonds. The van der Waals surface area contributed by atoms with Crippen LogP contribution in [0.25, 0.3) is 0 Å². The van der Waals surface area contributed by atoms with Gasteiger partial charge in [-0.3, -0.25) is 9.54 Å². The minimum absolute atomic E-state index is 0.253. The topological polar surface area (TPSA) is 67.8 Å². The molecule has 0 spiro atoms. The summed E-state index contributed by atoms with van der Waals surface area (Å²) in [5.74, 6) is -0.845. The zero-order chi connectivity index (χ0) is 25.4. The molecule has 4 rings (SSSR count). The summed E-state index contributed by atoms with van der Waals surface area (Å²) in [6.45, 7) is 3.61. The van der Waals surface area contributed by atoms with Crippen molar-refractivity contribution in [2.24, 2.45) is 4.74 Å². The normalized spacial score (nSPS) is 11.8. The van der Waals surface area contributed by atoms with Gasteiger partial charge >= 0.3 is 5.97 Å². The molecule has 5 nitrogen and oxygen atoms in total. The summed E-state index contributed by atoms with van der Waals surface area (Å²) in [4.78, 5) is 25.4. The fraction of sp³-hybridized carbons (Fsp3) is 0.133. The maximum atomic E-state index is 13.3. The lowest BCUT2D eigenvalue weighted by atomic mass is 10.1. The van der Waals surface area contributed by atoms with E-state index in [0.717, 1.165) is 15.9 Å². The number of carbonyl (C=O) groups is 2. The van der Waals surface area contributed by atoms with E-state index in [-0.39, 0.29) is 12.5 Å². The third kappa shape index (κ3) is 5.32. The van der Waals surface area contributed by atoms with Gasteiger partial charge in [0.1, 0.15) is 6.04 Å². The molecule has 0 unspecified atom stereocenters. The molecule has 182 valence electrons. The predicted molar refractivity (Wildman–Crippen MR) is 147 cm³/mol. The van der Waals surface area contributed by atoms with Crippen molar-refractivity contribution in [3.8, 4) is 0 Å². The maximum Gasteiger partial charge on any atom is 0.328 e. The molecule has 4 aromatic carbocycles. The molecule has 0 aliphatic heterocycles. The summed E-state index contributed by atoms with van der Waals surface area (Å²) in [5.41, 5.74) is 0.969. The Labute approximate surface area is 212 Å². The van der Waals surface area contributed by atoms with Crippen LogP contribution in [0.15, 0.2) is 120 Å². The lowest BCUT2D eigenvalue weighted by Crippen LogP contribution is -2.39. The molecule has 0 saturated carbocycles. The second-order valence-corrected chi connectivity index (χ2v) is 11.2. The van der Waals surface area contributed by atoms with Crippen LogP contribution in [0.1, 0.15) is 24.2 Å². The first-order valence-corrected chi connectivity index (χ1v) is 13.7. The summed E-state index contributed by atoms with van der Waals surface area (Å²) in [7, 11) is -2.55. The largest absolute Gasteiger partial charge is 0.464 e. The van der Waals surface area contributed by atoms with Crippen LogP contribution >= 0.6 is 7.05 Å². The second kappa shape index (κ2) is 11.7. The van der Waals surface area contributed by atoms with Crippen LogP contribution in [0.3, 0.4) is 0 Å². The maximum absolute atomic E-state index is 13.3. The van der Waals surface area contributed by atoms with E-state index >= 15 is 0 Å². The molecular weight excluding hydrogens is 467 g/mol. The van der Waals surface area contributed by atoms with E-state index in [2.05, 4.69) is 41.7 Å². The Hall–Kier alpha value is -3.95. The van der Waals surface area contributed by atoms with Gasteiger partial charge in [-0.05, 0) is 26.0 Å². The van der Waals surface area contributed by atoms with Crippen molar-refractivity contribution < 1.29 is 14.3 Å². The Balaban J connectivity index is 1.95. The number of benzene rings is 4. The molecule has 4 aromatic rings. The van der Waals surface area contributed by atoms with Gasteiger partial charge in [-0.1, -0.05) is 103 Å². The number of carbonyl (C=O) groups excluding carboxylic acids is 2. The monoisotopic (exact) mass is 496 g/mol. The smallest absolute Gasteiger partial charge is 0.328 e. The van der Waals surface area contributed by atoms with E-state index < -0.39 is 19.1 Å². The van der Waals surface area contributed by atoms with Crippen molar-refractivity contribution in [1.29, 1.82) is 0 Å². The fourth-order valence-electron chi connectivity index (χ4n) is 4.07. The molecule has 0 bridgehead atoms. The number of nitrogens with zero attached hydrogens (tertiary/aromatic N) is 1. The molecule has 0 aliphatic carbocycles. The Morgan fingerprint density at radius 3 is 1.67 bits per heavy atom. The van der Waals surface area contributed by atoms with E-state index in [1.54, 1.807) is 26.0 Å². The van der Waals surface area contributed by atoms with Gasteiger partial charge < -0.3 is 10.1 Å². The van der Waals surface area contributed by atoms with Crippen molar-refractivity contribution in [3.63, 3.8) is 0 Å². The minimum atomic E-state index is -2.55. The predicted octanol–water partition coefficient (Wildman–Crippen LogP) is 5.18. The first-order valence-electron chi connectivity index (χ1n) is 11.9. The number of nitrogens with one attached hydrogen (secondary N) is 1. The quantitative estimate of drug-likeness (QED) is 0.270. The SMILES string of the molecule is CCOC(=O)[C@H](C)NC(=O)c1ccccc1N=P(c1ccccc1)(c1ccccc1)c1ccccc1. The number of esters is 1. The van der Waals surface area contributed by atoms with Gasteiger partial charge in [-0.2, -0.15) is 0 Å². The molecule has 0 saturated heterocycles. The highest BCUT2D eigenvalue weighted by Crippen LogP contribution is 2.49. The van der Waals surface area contributed by atoms with Gasteiger partial charge in [-0.15, -0.1) is 0 Å². The highest BCUT2D eigenvalue weighted by Gasteiger charge is 2.28. The molecule has 0 aromatic heterocycles. The Morgan fingerprint density at radius 1 is 0.750 bits per heavy atom. The van der Waals surface area contributed by atoms with Gasteiger partial charge in [-0.25, -0.2) is 4.79 Å². The van der Waals surface area contributed by atoms with E-state index in [1.807, 2.05) is 66.7 Å². The highest BCUT2D eigenvalue weighted by molar-refractivity contribution is 7.87. The Bertz CT molecular complexity index is 1270. The zero-order valence-corrected chi connectivity index (χ0v) is 21.3. The zero-order valence-electron chi connectivity index (χ0n) is 20.4. The number of ether oxygens (including phenoxy) is 1. The lowest BCUT2D eigenvalue weighted by Gasteiger charge is -2.27. The van der Waals surface area contributed by atoms with Crippen LogP contribution in [0.4, 0.5) is 5.69 Å². The van der Waals surface area contributed by atoms with Crippen LogP contribution in [0, 0.1) is 0 Å². The molecule has 0 heterocycles. The summed E-state index contributed by atoms with van der Waals surface area (Å²) < 4.78 is 10.5. The average molecular weight is 497 g/mol. The van der Waals surface area contributed by atoms with Gasteiger partial charge in [0.15, 0.2) is 0 Å². The van der Waals surface area contributed by atoms with Crippen LogP contribution in [0.5, 0.6) is 0 Å². The van der Waals surface area contributed by atoms with Crippen LogP contribution in [0.2, 0.25) is 0 Å². The molecule has 1 N–H and O–H groups in total. The van der Waals surface area contributed by atoms with Gasteiger partial charge in [0.2, 0.25) is 0 Å². The third-order valence-corrected chi connectivity index (χ3v) is 9.44. The molecule has 0 radical (unpaired) electrons. The van der Waals surface area contributed by atoms with Crippen molar-refractivity contribution in [2.45, 2.75) is 19.9 Å². The first-order chi connectivity index (χ1) is 17.6. The summed E-state index contributed by atoms with van der Waals surface area (Å²) in [5, 5.41) is 6.01. The van der Waals surface area contributed by atoms with Gasteiger partial charge in [0.05, 0.1) is 24.9 Å².